The van der Waals surface area contributed by atoms with E-state index in [-0.39, 0.29) is 13.0 Å². The highest BCUT2D eigenvalue weighted by atomic mass is 19.4. The largest absolute Gasteiger partial charge is 0.409 e. The van der Waals surface area contributed by atoms with Crippen molar-refractivity contribution >= 4 is 0 Å². The van der Waals surface area contributed by atoms with Crippen LogP contribution in [0.3, 0.4) is 0 Å². The number of halogens is 3. The van der Waals surface area contributed by atoms with Crippen molar-refractivity contribution in [3.8, 4) is 0 Å². The first kappa shape index (κ1) is 10.8. The Kier molecular flexibility index (Phi) is 2.87. The molecular weight excluding hydrogens is 183 g/mol. The van der Waals surface area contributed by atoms with Gasteiger partial charge in [-0.15, -0.1) is 0 Å². The maximum Gasteiger partial charge on any atom is 0.409 e. The zero-order chi connectivity index (χ0) is 10.1. The highest BCUT2D eigenvalue weighted by molar-refractivity contribution is 5.00. The van der Waals surface area contributed by atoms with Crippen LogP contribution in [0.25, 0.3) is 0 Å². The SMILES string of the molecule is COCC1(C(F)(F)F)CCCN1C. The van der Waals surface area contributed by atoms with Crippen molar-refractivity contribution in [1.29, 1.82) is 0 Å². The summed E-state index contributed by atoms with van der Waals surface area (Å²) in [6, 6.07) is 0. The lowest BCUT2D eigenvalue weighted by atomic mass is 9.97. The predicted octanol–water partition coefficient (Wildman–Crippen LogP) is 1.66. The van der Waals surface area contributed by atoms with E-state index in [0.717, 1.165) is 0 Å². The van der Waals surface area contributed by atoms with Gasteiger partial charge in [-0.2, -0.15) is 13.2 Å². The molecule has 1 unspecified atom stereocenters. The molecule has 0 aromatic rings. The molecule has 0 aromatic carbocycles. The predicted molar refractivity (Wildman–Crippen MR) is 42.5 cm³/mol. The molecule has 0 N–H and O–H groups in total. The average Bonchev–Trinajstić information content (AvgIpc) is 2.33. The van der Waals surface area contributed by atoms with Crippen LogP contribution in [0.1, 0.15) is 12.8 Å². The molecule has 1 heterocycles. The first-order valence-corrected chi connectivity index (χ1v) is 4.21. The third kappa shape index (κ3) is 1.67. The number of nitrogens with zero attached hydrogens (tertiary/aromatic N) is 1. The van der Waals surface area contributed by atoms with E-state index < -0.39 is 11.7 Å². The standard InChI is InChI=1S/C8H14F3NO/c1-12-5-3-4-7(12,6-13-2)8(9,10)11/h3-6H2,1-2H3. The molecular formula is C8H14F3NO. The molecule has 1 atom stereocenters. The van der Waals surface area contributed by atoms with Crippen molar-refractivity contribution in [1.82, 2.24) is 4.90 Å². The summed E-state index contributed by atoms with van der Waals surface area (Å²) in [5.41, 5.74) is -1.75. The lowest BCUT2D eigenvalue weighted by molar-refractivity contribution is -0.232. The Labute approximate surface area is 75.7 Å². The van der Waals surface area contributed by atoms with Crippen molar-refractivity contribution < 1.29 is 17.9 Å². The normalized spacial score (nSPS) is 31.2. The van der Waals surface area contributed by atoms with E-state index in [1.54, 1.807) is 0 Å². The number of hydrogen-bond acceptors (Lipinski definition) is 2. The van der Waals surface area contributed by atoms with Gasteiger partial charge in [-0.3, -0.25) is 4.90 Å². The molecule has 0 bridgehead atoms. The van der Waals surface area contributed by atoms with Crippen LogP contribution in [0.5, 0.6) is 0 Å². The first-order valence-electron chi connectivity index (χ1n) is 4.21. The Balaban J connectivity index is 2.87. The molecule has 2 nitrogen and oxygen atoms in total. The summed E-state index contributed by atoms with van der Waals surface area (Å²) < 4.78 is 42.9. The fraction of sp³-hybridized carbons (Fsp3) is 1.00. The van der Waals surface area contributed by atoms with E-state index in [9.17, 15) is 13.2 Å². The second-order valence-electron chi connectivity index (χ2n) is 3.49. The van der Waals surface area contributed by atoms with Gasteiger partial charge >= 0.3 is 6.18 Å². The Morgan fingerprint density at radius 3 is 2.38 bits per heavy atom. The summed E-state index contributed by atoms with van der Waals surface area (Å²) in [4.78, 5) is 1.34. The molecule has 1 saturated heterocycles. The van der Waals surface area contributed by atoms with Crippen LogP contribution in [0.15, 0.2) is 0 Å². The molecule has 1 fully saturated rings. The van der Waals surface area contributed by atoms with Gasteiger partial charge in [0.1, 0.15) is 5.54 Å². The lowest BCUT2D eigenvalue weighted by Gasteiger charge is -2.37. The fourth-order valence-corrected chi connectivity index (χ4v) is 1.87. The molecule has 5 heteroatoms. The summed E-state index contributed by atoms with van der Waals surface area (Å²) in [6.07, 6.45) is -3.48. The van der Waals surface area contributed by atoms with Gasteiger partial charge in [0.25, 0.3) is 0 Å². The molecule has 0 aromatic heterocycles. The Hall–Kier alpha value is -0.290. The number of alkyl halides is 3. The van der Waals surface area contributed by atoms with Gasteiger partial charge < -0.3 is 4.74 Å². The first-order chi connectivity index (χ1) is 5.94. The van der Waals surface area contributed by atoms with Gasteiger partial charge in [0, 0.05) is 7.11 Å². The van der Waals surface area contributed by atoms with E-state index in [4.69, 9.17) is 0 Å². The van der Waals surface area contributed by atoms with Crippen molar-refractivity contribution in [2.75, 3.05) is 27.3 Å². The van der Waals surface area contributed by atoms with Gasteiger partial charge in [0.2, 0.25) is 0 Å². The van der Waals surface area contributed by atoms with Crippen LogP contribution < -0.4 is 0 Å². The molecule has 1 aliphatic rings. The summed E-state index contributed by atoms with van der Waals surface area (Å²) >= 11 is 0. The van der Waals surface area contributed by atoms with E-state index in [1.807, 2.05) is 0 Å². The second kappa shape index (κ2) is 3.46. The molecule has 1 aliphatic heterocycles. The zero-order valence-electron chi connectivity index (χ0n) is 7.82. The van der Waals surface area contributed by atoms with E-state index in [2.05, 4.69) is 4.74 Å². The number of likely N-dealkylation sites (N-methyl/N-ethyl adjacent to an activating group) is 1. The molecule has 13 heavy (non-hydrogen) atoms. The highest BCUT2D eigenvalue weighted by Gasteiger charge is 2.59. The maximum absolute atomic E-state index is 12.7. The van der Waals surface area contributed by atoms with Crippen LogP contribution in [0, 0.1) is 0 Å². The third-order valence-electron chi connectivity index (χ3n) is 2.73. The van der Waals surface area contributed by atoms with E-state index >= 15 is 0 Å². The molecule has 78 valence electrons. The second-order valence-corrected chi connectivity index (χ2v) is 3.49. The summed E-state index contributed by atoms with van der Waals surface area (Å²) in [7, 11) is 2.80. The summed E-state index contributed by atoms with van der Waals surface area (Å²) in [5, 5.41) is 0. The van der Waals surface area contributed by atoms with E-state index in [0.29, 0.717) is 13.0 Å². The Morgan fingerprint density at radius 1 is 1.46 bits per heavy atom. The highest BCUT2D eigenvalue weighted by Crippen LogP contribution is 2.42. The molecule has 0 saturated carbocycles. The van der Waals surface area contributed by atoms with Crippen LogP contribution in [0.2, 0.25) is 0 Å². The minimum absolute atomic E-state index is 0.140. The zero-order valence-corrected chi connectivity index (χ0v) is 7.82. The molecule has 0 radical (unpaired) electrons. The van der Waals surface area contributed by atoms with Gasteiger partial charge in [-0.1, -0.05) is 0 Å². The van der Waals surface area contributed by atoms with Crippen LogP contribution in [-0.4, -0.2) is 43.9 Å². The quantitative estimate of drug-likeness (QED) is 0.667. The van der Waals surface area contributed by atoms with Crippen molar-refractivity contribution in [2.24, 2.45) is 0 Å². The van der Waals surface area contributed by atoms with Gasteiger partial charge in [0.05, 0.1) is 6.61 Å². The van der Waals surface area contributed by atoms with Crippen LogP contribution in [-0.2, 0) is 4.74 Å². The minimum Gasteiger partial charge on any atom is -0.382 e. The smallest absolute Gasteiger partial charge is 0.382 e. The van der Waals surface area contributed by atoms with Gasteiger partial charge in [-0.25, -0.2) is 0 Å². The Bertz CT molecular complexity index is 183. The molecule has 0 spiro atoms. The molecule has 0 aliphatic carbocycles. The van der Waals surface area contributed by atoms with Crippen LogP contribution in [0.4, 0.5) is 13.2 Å². The maximum atomic E-state index is 12.7. The average molecular weight is 197 g/mol. The summed E-state index contributed by atoms with van der Waals surface area (Å²) in [5.74, 6) is 0. The number of hydrogen-bond donors (Lipinski definition) is 0. The molecule has 0 amide bonds. The van der Waals surface area contributed by atoms with Gasteiger partial charge in [-0.05, 0) is 26.4 Å². The van der Waals surface area contributed by atoms with E-state index in [1.165, 1.54) is 19.1 Å². The topological polar surface area (TPSA) is 12.5 Å². The number of methoxy groups -OCH3 is 1. The molecule has 1 rings (SSSR count). The summed E-state index contributed by atoms with van der Waals surface area (Å²) in [6.45, 7) is 0.218. The van der Waals surface area contributed by atoms with Crippen molar-refractivity contribution in [3.63, 3.8) is 0 Å². The number of likely N-dealkylation sites (tertiary alicyclic amines) is 1. The number of rotatable bonds is 2. The minimum atomic E-state index is -4.20. The van der Waals surface area contributed by atoms with Gasteiger partial charge in [0.15, 0.2) is 0 Å². The van der Waals surface area contributed by atoms with Crippen molar-refractivity contribution in [3.05, 3.63) is 0 Å². The van der Waals surface area contributed by atoms with Crippen molar-refractivity contribution in [2.45, 2.75) is 24.6 Å². The van der Waals surface area contributed by atoms with Crippen LogP contribution >= 0.6 is 0 Å². The Morgan fingerprint density at radius 2 is 2.08 bits per heavy atom. The fourth-order valence-electron chi connectivity index (χ4n) is 1.87. The lowest BCUT2D eigenvalue weighted by Crippen LogP contribution is -2.56. The number of ether oxygens (including phenoxy) is 1. The third-order valence-corrected chi connectivity index (χ3v) is 2.73. The monoisotopic (exact) mass is 197 g/mol.